The Morgan fingerprint density at radius 3 is 2.25 bits per heavy atom. The molecule has 1 heterocycles. The molecule has 2 rings (SSSR count). The monoisotopic (exact) mass is 185 g/mol. The van der Waals surface area contributed by atoms with Gasteiger partial charge in [-0.2, -0.15) is 0 Å². The summed E-state index contributed by atoms with van der Waals surface area (Å²) in [5, 5.41) is 0. The lowest BCUT2D eigenvalue weighted by Gasteiger charge is -2.15. The second-order valence-corrected chi connectivity index (χ2v) is 4.58. The molecule has 0 aromatic carbocycles. The summed E-state index contributed by atoms with van der Waals surface area (Å²) >= 11 is 1.78. The van der Waals surface area contributed by atoms with Crippen molar-refractivity contribution < 1.29 is 0 Å². The van der Waals surface area contributed by atoms with Crippen LogP contribution < -0.4 is 0 Å². The average Bonchev–Trinajstić information content (AvgIpc) is 2.62. The lowest BCUT2D eigenvalue weighted by Crippen LogP contribution is -1.99. The summed E-state index contributed by atoms with van der Waals surface area (Å²) in [6.45, 7) is 3.39. The Bertz CT molecular complexity index is 122. The SMILES string of the molecule is C1=NCCS1.CC1CCCCC1. The van der Waals surface area contributed by atoms with Gasteiger partial charge >= 0.3 is 0 Å². The van der Waals surface area contributed by atoms with Crippen LogP contribution in [0.5, 0.6) is 0 Å². The third-order valence-electron chi connectivity index (χ3n) is 2.38. The summed E-state index contributed by atoms with van der Waals surface area (Å²) in [6.07, 6.45) is 7.44. The molecule has 0 atom stereocenters. The molecule has 1 aliphatic carbocycles. The van der Waals surface area contributed by atoms with Gasteiger partial charge < -0.3 is 0 Å². The number of thioether (sulfide) groups is 1. The van der Waals surface area contributed by atoms with Crippen LogP contribution in [0.3, 0.4) is 0 Å². The maximum absolute atomic E-state index is 3.92. The first kappa shape index (κ1) is 10.1. The van der Waals surface area contributed by atoms with E-state index in [9.17, 15) is 0 Å². The van der Waals surface area contributed by atoms with Crippen LogP contribution in [0.25, 0.3) is 0 Å². The van der Waals surface area contributed by atoms with E-state index in [4.69, 9.17) is 0 Å². The van der Waals surface area contributed by atoms with Gasteiger partial charge in [-0.3, -0.25) is 4.99 Å². The maximum Gasteiger partial charge on any atom is 0.0542 e. The van der Waals surface area contributed by atoms with Gasteiger partial charge in [0.1, 0.15) is 0 Å². The highest BCUT2D eigenvalue weighted by atomic mass is 32.2. The van der Waals surface area contributed by atoms with Crippen LogP contribution in [-0.2, 0) is 0 Å². The molecule has 2 aliphatic rings. The van der Waals surface area contributed by atoms with Gasteiger partial charge in [-0.05, 0) is 5.92 Å². The molecule has 0 radical (unpaired) electrons. The normalized spacial score (nSPS) is 23.4. The first-order valence-electron chi connectivity index (χ1n) is 4.99. The van der Waals surface area contributed by atoms with Crippen molar-refractivity contribution >= 4 is 17.3 Å². The molecule has 70 valence electrons. The molecule has 12 heavy (non-hydrogen) atoms. The second kappa shape index (κ2) is 6.53. The summed E-state index contributed by atoms with van der Waals surface area (Å²) < 4.78 is 0. The lowest BCUT2D eigenvalue weighted by atomic mass is 9.91. The lowest BCUT2D eigenvalue weighted by molar-refractivity contribution is 0.385. The minimum absolute atomic E-state index is 1.03. The molecule has 1 aliphatic heterocycles. The van der Waals surface area contributed by atoms with Crippen molar-refractivity contribution in [3.63, 3.8) is 0 Å². The van der Waals surface area contributed by atoms with E-state index in [1.807, 2.05) is 5.55 Å². The maximum atomic E-state index is 3.92. The van der Waals surface area contributed by atoms with Crippen molar-refractivity contribution in [3.05, 3.63) is 0 Å². The van der Waals surface area contributed by atoms with Gasteiger partial charge in [-0.15, -0.1) is 11.8 Å². The summed E-state index contributed by atoms with van der Waals surface area (Å²) in [5.41, 5.74) is 1.90. The molecule has 0 N–H and O–H groups in total. The van der Waals surface area contributed by atoms with Gasteiger partial charge in [0.2, 0.25) is 0 Å². The molecule has 2 heteroatoms. The topological polar surface area (TPSA) is 12.4 Å². The van der Waals surface area contributed by atoms with Gasteiger partial charge in [-0.25, -0.2) is 0 Å². The van der Waals surface area contributed by atoms with Crippen LogP contribution in [0, 0.1) is 5.92 Å². The highest BCUT2D eigenvalue weighted by Crippen LogP contribution is 2.22. The van der Waals surface area contributed by atoms with Crippen LogP contribution >= 0.6 is 11.8 Å². The standard InChI is InChI=1S/C7H14.C3H5NS/c1-7-5-3-2-4-6-7;1-2-5-3-4-1/h7H,2-6H2,1H3;3H,1-2H2. The van der Waals surface area contributed by atoms with E-state index in [2.05, 4.69) is 11.9 Å². The molecular weight excluding hydrogens is 166 g/mol. The molecule has 0 saturated heterocycles. The molecule has 0 amide bonds. The Kier molecular flexibility index (Phi) is 5.50. The Labute approximate surface area is 80.0 Å². The Morgan fingerprint density at radius 2 is 2.00 bits per heavy atom. The van der Waals surface area contributed by atoms with Crippen LogP contribution in [0.15, 0.2) is 4.99 Å². The van der Waals surface area contributed by atoms with Crippen molar-refractivity contribution in [1.29, 1.82) is 0 Å². The predicted molar refractivity (Wildman–Crippen MR) is 58.1 cm³/mol. The highest BCUT2D eigenvalue weighted by Gasteiger charge is 2.05. The Hall–Kier alpha value is 0.0200. The van der Waals surface area contributed by atoms with Crippen molar-refractivity contribution in [2.75, 3.05) is 12.3 Å². The van der Waals surface area contributed by atoms with E-state index in [1.54, 1.807) is 11.8 Å². The predicted octanol–water partition coefficient (Wildman–Crippen LogP) is 3.35. The fourth-order valence-corrected chi connectivity index (χ4v) is 2.10. The number of rotatable bonds is 0. The molecule has 0 aromatic rings. The van der Waals surface area contributed by atoms with Crippen molar-refractivity contribution in [3.8, 4) is 0 Å². The summed E-state index contributed by atoms with van der Waals surface area (Å²) in [7, 11) is 0. The van der Waals surface area contributed by atoms with E-state index in [0.717, 1.165) is 12.5 Å². The van der Waals surface area contributed by atoms with Crippen molar-refractivity contribution in [2.45, 2.75) is 39.0 Å². The molecule has 0 bridgehead atoms. The van der Waals surface area contributed by atoms with E-state index in [0.29, 0.717) is 0 Å². The zero-order valence-corrected chi connectivity index (χ0v) is 8.78. The minimum Gasteiger partial charge on any atom is -0.285 e. The molecule has 0 spiro atoms. The number of hydrogen-bond donors (Lipinski definition) is 0. The van der Waals surface area contributed by atoms with Crippen molar-refractivity contribution in [1.82, 2.24) is 0 Å². The smallest absolute Gasteiger partial charge is 0.0542 e. The quantitative estimate of drug-likeness (QED) is 0.564. The average molecular weight is 185 g/mol. The second-order valence-electron chi connectivity index (χ2n) is 3.63. The highest BCUT2D eigenvalue weighted by molar-refractivity contribution is 8.12. The van der Waals surface area contributed by atoms with E-state index in [-0.39, 0.29) is 0 Å². The van der Waals surface area contributed by atoms with E-state index in [1.165, 1.54) is 37.9 Å². The van der Waals surface area contributed by atoms with Gasteiger partial charge in [0, 0.05) is 12.3 Å². The summed E-state index contributed by atoms with van der Waals surface area (Å²) in [4.78, 5) is 3.92. The molecule has 1 nitrogen and oxygen atoms in total. The zero-order chi connectivity index (χ0) is 8.65. The number of aliphatic imine (C=N–C) groups is 1. The molecule has 0 unspecified atom stereocenters. The molecular formula is C10H19NS. The number of nitrogens with zero attached hydrogens (tertiary/aromatic N) is 1. The van der Waals surface area contributed by atoms with Crippen LogP contribution in [0.2, 0.25) is 0 Å². The van der Waals surface area contributed by atoms with Gasteiger partial charge in [0.05, 0.1) is 5.55 Å². The summed E-state index contributed by atoms with van der Waals surface area (Å²) in [5.74, 6) is 2.23. The third kappa shape index (κ3) is 4.81. The van der Waals surface area contributed by atoms with Crippen LogP contribution in [-0.4, -0.2) is 17.8 Å². The van der Waals surface area contributed by atoms with E-state index >= 15 is 0 Å². The van der Waals surface area contributed by atoms with Gasteiger partial charge in [0.25, 0.3) is 0 Å². The fraction of sp³-hybridized carbons (Fsp3) is 0.900. The zero-order valence-electron chi connectivity index (χ0n) is 7.96. The third-order valence-corrected chi connectivity index (χ3v) is 3.10. The van der Waals surface area contributed by atoms with Gasteiger partial charge in [0.15, 0.2) is 0 Å². The Balaban J connectivity index is 0.000000127. The molecule has 1 fully saturated rings. The Morgan fingerprint density at radius 1 is 1.25 bits per heavy atom. The fourth-order valence-electron chi connectivity index (χ4n) is 1.57. The molecule has 1 saturated carbocycles. The molecule has 0 aromatic heterocycles. The first-order chi connectivity index (χ1) is 5.89. The largest absolute Gasteiger partial charge is 0.285 e. The number of hydrogen-bond acceptors (Lipinski definition) is 2. The van der Waals surface area contributed by atoms with Gasteiger partial charge in [-0.1, -0.05) is 39.0 Å². The summed E-state index contributed by atoms with van der Waals surface area (Å²) in [6, 6.07) is 0. The minimum atomic E-state index is 1.03. The van der Waals surface area contributed by atoms with Crippen LogP contribution in [0.4, 0.5) is 0 Å². The van der Waals surface area contributed by atoms with E-state index < -0.39 is 0 Å². The first-order valence-corrected chi connectivity index (χ1v) is 6.04. The van der Waals surface area contributed by atoms with Crippen molar-refractivity contribution in [2.24, 2.45) is 10.9 Å². The van der Waals surface area contributed by atoms with Crippen LogP contribution in [0.1, 0.15) is 39.0 Å².